The zero-order chi connectivity index (χ0) is 23.5. The van der Waals surface area contributed by atoms with E-state index in [-0.39, 0.29) is 36.7 Å². The zero-order valence-electron chi connectivity index (χ0n) is 19.7. The Morgan fingerprint density at radius 3 is 2.06 bits per heavy atom. The van der Waals surface area contributed by atoms with Crippen LogP contribution in [0.4, 0.5) is 0 Å². The molecule has 0 aliphatic carbocycles. The molecular weight excluding hydrogens is 394 g/mol. The second-order valence-electron chi connectivity index (χ2n) is 9.95. The first-order valence-corrected chi connectivity index (χ1v) is 11.0. The van der Waals surface area contributed by atoms with E-state index in [0.29, 0.717) is 5.92 Å². The molecule has 4 unspecified atom stereocenters. The standard InChI is InChI=1S/C24H37N3O4/c1-14(2)17-8-10-18(11-9-17)15(3)25-22(30)20-12-19(29)13-27(20)23(31)21(24(5,6)7)26-16(4)28/h8-11,14-15,19-21,29H,12-13H2,1-7H3,(H,25,30)(H,26,28). The third-order valence-corrected chi connectivity index (χ3v) is 5.79. The number of carbonyl (C=O) groups is 3. The quantitative estimate of drug-likeness (QED) is 0.644. The largest absolute Gasteiger partial charge is 0.391 e. The fourth-order valence-corrected chi connectivity index (χ4v) is 3.89. The smallest absolute Gasteiger partial charge is 0.246 e. The molecule has 7 heteroatoms. The molecule has 0 spiro atoms. The molecule has 3 amide bonds. The summed E-state index contributed by atoms with van der Waals surface area (Å²) in [5, 5.41) is 15.9. The second kappa shape index (κ2) is 9.81. The topological polar surface area (TPSA) is 98.7 Å². The Hall–Kier alpha value is -2.41. The number of amides is 3. The monoisotopic (exact) mass is 431 g/mol. The van der Waals surface area contributed by atoms with E-state index in [9.17, 15) is 19.5 Å². The van der Waals surface area contributed by atoms with Crippen molar-refractivity contribution in [2.45, 2.75) is 85.0 Å². The number of hydrogen-bond acceptors (Lipinski definition) is 4. The van der Waals surface area contributed by atoms with Gasteiger partial charge in [-0.05, 0) is 29.4 Å². The fraction of sp³-hybridized carbons (Fsp3) is 0.625. The molecule has 1 heterocycles. The van der Waals surface area contributed by atoms with Crippen LogP contribution in [-0.2, 0) is 14.4 Å². The molecule has 1 saturated heterocycles. The van der Waals surface area contributed by atoms with Crippen molar-refractivity contribution in [2.75, 3.05) is 6.54 Å². The summed E-state index contributed by atoms with van der Waals surface area (Å²) in [7, 11) is 0. The van der Waals surface area contributed by atoms with Crippen molar-refractivity contribution in [3.63, 3.8) is 0 Å². The second-order valence-corrected chi connectivity index (χ2v) is 9.95. The van der Waals surface area contributed by atoms with E-state index in [1.807, 2.05) is 39.8 Å². The maximum Gasteiger partial charge on any atom is 0.246 e. The first kappa shape index (κ1) is 24.9. The van der Waals surface area contributed by atoms with Gasteiger partial charge in [-0.15, -0.1) is 0 Å². The lowest BCUT2D eigenvalue weighted by Gasteiger charge is -2.35. The van der Waals surface area contributed by atoms with Crippen LogP contribution in [0.2, 0.25) is 0 Å². The van der Waals surface area contributed by atoms with E-state index in [1.165, 1.54) is 17.4 Å². The number of aliphatic hydroxyl groups is 1. The van der Waals surface area contributed by atoms with Gasteiger partial charge in [0.2, 0.25) is 17.7 Å². The number of β-amino-alcohol motifs (C(OH)–C–C–N with tert-alkyl or cyclic N) is 1. The van der Waals surface area contributed by atoms with Crippen LogP contribution in [0.15, 0.2) is 24.3 Å². The van der Waals surface area contributed by atoms with Gasteiger partial charge in [-0.1, -0.05) is 58.9 Å². The summed E-state index contributed by atoms with van der Waals surface area (Å²) in [5.41, 5.74) is 1.66. The Balaban J connectivity index is 2.16. The molecule has 1 fully saturated rings. The highest BCUT2D eigenvalue weighted by molar-refractivity contribution is 5.93. The molecule has 2 rings (SSSR count). The predicted octanol–water partition coefficient (Wildman–Crippen LogP) is 2.50. The first-order chi connectivity index (χ1) is 14.3. The number of rotatable bonds is 6. The van der Waals surface area contributed by atoms with Crippen LogP contribution in [0.25, 0.3) is 0 Å². The van der Waals surface area contributed by atoms with Crippen LogP contribution in [0.3, 0.4) is 0 Å². The van der Waals surface area contributed by atoms with Gasteiger partial charge in [0.25, 0.3) is 0 Å². The molecule has 1 aliphatic heterocycles. The summed E-state index contributed by atoms with van der Waals surface area (Å²) in [5.74, 6) is -0.542. The van der Waals surface area contributed by atoms with Crippen LogP contribution in [0.5, 0.6) is 0 Å². The summed E-state index contributed by atoms with van der Waals surface area (Å²) in [6.45, 7) is 13.2. The molecular formula is C24H37N3O4. The van der Waals surface area contributed by atoms with E-state index in [1.54, 1.807) is 0 Å². The van der Waals surface area contributed by atoms with Gasteiger partial charge in [0.1, 0.15) is 12.1 Å². The van der Waals surface area contributed by atoms with Crippen molar-refractivity contribution in [1.29, 1.82) is 0 Å². The van der Waals surface area contributed by atoms with E-state index < -0.39 is 23.6 Å². The molecule has 0 bridgehead atoms. The van der Waals surface area contributed by atoms with Gasteiger partial charge in [-0.25, -0.2) is 0 Å². The number of likely N-dealkylation sites (tertiary alicyclic amines) is 1. The Bertz CT molecular complexity index is 798. The SMILES string of the molecule is CC(=O)NC(C(=O)N1CC(O)CC1C(=O)NC(C)c1ccc(C(C)C)cc1)C(C)(C)C. The Morgan fingerprint density at radius 1 is 1.03 bits per heavy atom. The number of carbonyl (C=O) groups excluding carboxylic acids is 3. The highest BCUT2D eigenvalue weighted by atomic mass is 16.3. The number of nitrogens with zero attached hydrogens (tertiary/aromatic N) is 1. The lowest BCUT2D eigenvalue weighted by atomic mass is 9.85. The minimum absolute atomic E-state index is 0.0700. The zero-order valence-corrected chi connectivity index (χ0v) is 19.7. The van der Waals surface area contributed by atoms with E-state index in [0.717, 1.165) is 5.56 Å². The normalized spacial score (nSPS) is 21.0. The van der Waals surface area contributed by atoms with Crippen LogP contribution >= 0.6 is 0 Å². The molecule has 7 nitrogen and oxygen atoms in total. The average Bonchev–Trinajstić information content (AvgIpc) is 3.06. The number of aliphatic hydroxyl groups excluding tert-OH is 1. The summed E-state index contributed by atoms with van der Waals surface area (Å²) in [6.07, 6.45) is -0.605. The minimum Gasteiger partial charge on any atom is -0.391 e. The Kier molecular flexibility index (Phi) is 7.87. The number of nitrogens with one attached hydrogen (secondary N) is 2. The molecule has 1 aliphatic rings. The summed E-state index contributed by atoms with van der Waals surface area (Å²) in [6, 6.07) is 6.30. The van der Waals surface area contributed by atoms with E-state index in [2.05, 4.69) is 36.6 Å². The van der Waals surface area contributed by atoms with Gasteiger partial charge >= 0.3 is 0 Å². The molecule has 3 N–H and O–H groups in total. The molecule has 0 aromatic heterocycles. The van der Waals surface area contributed by atoms with Crippen molar-refractivity contribution < 1.29 is 19.5 Å². The third kappa shape index (κ3) is 6.29. The fourth-order valence-electron chi connectivity index (χ4n) is 3.89. The molecule has 31 heavy (non-hydrogen) atoms. The molecule has 0 radical (unpaired) electrons. The minimum atomic E-state index is -0.786. The van der Waals surface area contributed by atoms with Gasteiger partial charge < -0.3 is 20.6 Å². The lowest BCUT2D eigenvalue weighted by Crippen LogP contribution is -2.57. The predicted molar refractivity (Wildman–Crippen MR) is 120 cm³/mol. The summed E-state index contributed by atoms with van der Waals surface area (Å²) >= 11 is 0. The van der Waals surface area contributed by atoms with Crippen molar-refractivity contribution in [1.82, 2.24) is 15.5 Å². The lowest BCUT2D eigenvalue weighted by molar-refractivity contribution is -0.144. The number of hydrogen-bond donors (Lipinski definition) is 3. The third-order valence-electron chi connectivity index (χ3n) is 5.79. The van der Waals surface area contributed by atoms with Gasteiger partial charge in [0, 0.05) is 19.9 Å². The maximum absolute atomic E-state index is 13.3. The Morgan fingerprint density at radius 2 is 1.58 bits per heavy atom. The highest BCUT2D eigenvalue weighted by Gasteiger charge is 2.44. The molecule has 4 atom stereocenters. The summed E-state index contributed by atoms with van der Waals surface area (Å²) in [4.78, 5) is 39.4. The summed E-state index contributed by atoms with van der Waals surface area (Å²) < 4.78 is 0. The molecule has 172 valence electrons. The van der Waals surface area contributed by atoms with E-state index in [4.69, 9.17) is 0 Å². The van der Waals surface area contributed by atoms with Crippen molar-refractivity contribution in [2.24, 2.45) is 5.41 Å². The van der Waals surface area contributed by atoms with Crippen molar-refractivity contribution in [3.05, 3.63) is 35.4 Å². The Labute approximate surface area is 185 Å². The molecule has 1 aromatic rings. The highest BCUT2D eigenvalue weighted by Crippen LogP contribution is 2.27. The molecule has 1 aromatic carbocycles. The van der Waals surface area contributed by atoms with Gasteiger partial charge in [0.15, 0.2) is 0 Å². The van der Waals surface area contributed by atoms with Crippen LogP contribution in [-0.4, -0.2) is 52.5 Å². The number of benzene rings is 1. The van der Waals surface area contributed by atoms with Gasteiger partial charge in [-0.2, -0.15) is 0 Å². The first-order valence-electron chi connectivity index (χ1n) is 11.0. The van der Waals surface area contributed by atoms with Gasteiger partial charge in [0.05, 0.1) is 12.1 Å². The maximum atomic E-state index is 13.3. The molecule has 0 saturated carbocycles. The van der Waals surface area contributed by atoms with E-state index >= 15 is 0 Å². The van der Waals surface area contributed by atoms with Crippen molar-refractivity contribution in [3.8, 4) is 0 Å². The van der Waals surface area contributed by atoms with Crippen molar-refractivity contribution >= 4 is 17.7 Å². The van der Waals surface area contributed by atoms with Crippen LogP contribution in [0.1, 0.15) is 78.0 Å². The van der Waals surface area contributed by atoms with Crippen LogP contribution in [0, 0.1) is 5.41 Å². The van der Waals surface area contributed by atoms with Gasteiger partial charge in [-0.3, -0.25) is 14.4 Å². The average molecular weight is 432 g/mol. The van der Waals surface area contributed by atoms with Crippen LogP contribution < -0.4 is 10.6 Å².